The normalized spacial score (nSPS) is 13.9. The summed E-state index contributed by atoms with van der Waals surface area (Å²) < 4.78 is 13.1. The van der Waals surface area contributed by atoms with Crippen molar-refractivity contribution in [3.8, 4) is 0 Å². The number of carbonyl (C=O) groups is 3. The number of nitrogens with zero attached hydrogens (tertiary/aromatic N) is 10. The van der Waals surface area contributed by atoms with Crippen molar-refractivity contribution in [2.75, 3.05) is 75.7 Å². The predicted octanol–water partition coefficient (Wildman–Crippen LogP) is 21.9. The van der Waals surface area contributed by atoms with E-state index in [2.05, 4.69) is 272 Å². The Morgan fingerprint density at radius 3 is 0.750 bits per heavy atom. The number of aryl methyl sites for hydroxylation is 16. The van der Waals surface area contributed by atoms with Crippen molar-refractivity contribution in [1.29, 1.82) is 0 Å². The molecule has 6 aromatic rings. The van der Waals surface area contributed by atoms with E-state index in [1.807, 2.05) is 0 Å². The number of hydrogen-bond acceptors (Lipinski definition) is 12. The van der Waals surface area contributed by atoms with Crippen molar-refractivity contribution in [3.63, 3.8) is 0 Å². The van der Waals surface area contributed by atoms with Crippen molar-refractivity contribution in [2.45, 2.75) is 211 Å². The Bertz CT molecular complexity index is 3720. The van der Waals surface area contributed by atoms with Crippen LogP contribution >= 0.6 is 0 Å². The van der Waals surface area contributed by atoms with Gasteiger partial charge in [0, 0.05) is 104 Å². The van der Waals surface area contributed by atoms with E-state index in [0.717, 1.165) is 140 Å². The molecule has 0 unspecified atom stereocenters. The smallest absolute Gasteiger partial charge is 0.308 e. The van der Waals surface area contributed by atoms with Crippen molar-refractivity contribution in [3.05, 3.63) is 196 Å². The summed E-state index contributed by atoms with van der Waals surface area (Å²) >= 11 is 0. The first kappa shape index (κ1) is 111. The molecule has 19 heteroatoms. The molecule has 0 amide bonds. The number of esters is 3. The molecule has 0 aliphatic carbocycles. The molecule has 0 atom stereocenters. The zero-order chi connectivity index (χ0) is 80.0. The molecule has 0 radical (unpaired) electrons. The number of aliphatic imine (C=N–C) groups is 6. The number of ether oxygens (including phenoxy) is 3. The van der Waals surface area contributed by atoms with Gasteiger partial charge in [-0.25, -0.2) is 20.0 Å². The monoisotopic (exact) mass is 1670 g/mol. The fourth-order valence-electron chi connectivity index (χ4n) is 12.2. The second-order valence-corrected chi connectivity index (χ2v) is 28.8. The van der Waals surface area contributed by atoms with Crippen LogP contribution in [0.25, 0.3) is 0 Å². The molecular weight excluding hydrogens is 1530 g/mol. The zero-order valence-corrected chi connectivity index (χ0v) is 77.9. The number of hydrogen-bond donors (Lipinski definition) is 0. The topological polar surface area (TPSA) is 166 Å². The van der Waals surface area contributed by atoms with Gasteiger partial charge in [0.2, 0.25) is 0 Å². The van der Waals surface area contributed by atoms with E-state index in [1.54, 1.807) is 41.5 Å². The Morgan fingerprint density at radius 2 is 0.562 bits per heavy atom. The van der Waals surface area contributed by atoms with E-state index in [4.69, 9.17) is 30.0 Å². The van der Waals surface area contributed by atoms with Crippen LogP contribution in [0.3, 0.4) is 0 Å². The summed E-state index contributed by atoms with van der Waals surface area (Å²) in [5, 5.41) is 0. The zero-order valence-electron chi connectivity index (χ0n) is 75.0. The Kier molecular flexibility index (Phi) is 54.4. The minimum atomic E-state index is -0.153. The molecular formula is C93H141N10Ni3O6-3. The first-order valence-electron chi connectivity index (χ1n) is 38.1. The SMILES string of the molecule is CCc1cc(CC)c(N=C(C)C(C)=Nc2c(CC)cc(CC)cc2CC)c(CC)c1.COC(=O)C(C)C.COC(=O)C(C)C.COC(=O)C(C)C.Cc1cc(C)c(N=C2C(=Nc3c(C)cc(C)cc3C)N(C)CCN2C)c(C)c1.Cc1cccc(C)c1N=C1C(=Nc2c(C)cccc2C)N(C)CCCN1C.[CH3-].[CH3-].[CH3-].[Ni].[Ni].[Ni]. The minimum Gasteiger partial charge on any atom is -0.469 e. The standard InChI is InChI=1S/C28H40N2.C24H32N4.C23H30N4.3C5H10O2.3CH3.3Ni/c1-9-21-15-23(11-3)27(24(12-4)16-21)29-19(7)20(8)30-28-25(13-5)17-22(10-2)18-26(28)14-6;1-15-11-17(3)21(18(4)12-15)25-23-24(28(8)10-9-27(23)7)26-22-19(5)13-16(2)14-20(22)6;1-16-10-7-11-17(2)20(16)24-22-23(27(6)15-9-14-26(22)5)25-21-18(3)12-8-13-19(21)4;3*1-4(2)5(6)7-3;;;;;;/h15-18H,9-14H2,1-8H3;11-14H,9-10H2,1-8H3;7-8,10-13H,9,14-15H2,1-6H3;3*4H,1-3H3;3*1H3;;;/q;;;;;;3*-1;;;. The van der Waals surface area contributed by atoms with Crippen LogP contribution in [-0.4, -0.2) is 148 Å². The quantitative estimate of drug-likeness (QED) is 0.0299. The molecule has 8 rings (SSSR count). The molecule has 2 saturated heterocycles. The fraction of sp³-hybridized carbons (Fsp3) is 0.484. The van der Waals surface area contributed by atoms with Crippen molar-refractivity contribution < 1.29 is 78.1 Å². The van der Waals surface area contributed by atoms with Gasteiger partial charge in [-0.05, 0) is 206 Å². The molecule has 0 saturated carbocycles. The molecule has 0 N–H and O–H groups in total. The summed E-state index contributed by atoms with van der Waals surface area (Å²) in [6.45, 7) is 53.4. The van der Waals surface area contributed by atoms with Gasteiger partial charge in [-0.2, -0.15) is 0 Å². The van der Waals surface area contributed by atoms with E-state index >= 15 is 0 Å². The summed E-state index contributed by atoms with van der Waals surface area (Å²) in [5.41, 5.74) is 28.8. The first-order chi connectivity index (χ1) is 50.0. The Labute approximate surface area is 710 Å². The van der Waals surface area contributed by atoms with Crippen LogP contribution in [0.1, 0.15) is 192 Å². The maximum Gasteiger partial charge on any atom is 0.308 e. The molecule has 16 nitrogen and oxygen atoms in total. The van der Waals surface area contributed by atoms with Crippen LogP contribution < -0.4 is 0 Å². The number of benzene rings is 6. The van der Waals surface area contributed by atoms with Crippen molar-refractivity contribution in [1.82, 2.24) is 19.6 Å². The van der Waals surface area contributed by atoms with Crippen molar-refractivity contribution in [2.24, 2.45) is 47.7 Å². The van der Waals surface area contributed by atoms with E-state index < -0.39 is 0 Å². The van der Waals surface area contributed by atoms with Gasteiger partial charge in [0.05, 0.1) is 84.6 Å². The number of carbonyl (C=O) groups excluding carboxylic acids is 3. The second-order valence-electron chi connectivity index (χ2n) is 28.8. The van der Waals surface area contributed by atoms with E-state index in [1.165, 1.54) is 110 Å². The number of methoxy groups -OCH3 is 3. The van der Waals surface area contributed by atoms with Crippen molar-refractivity contribution >= 4 is 86.8 Å². The van der Waals surface area contributed by atoms with Gasteiger partial charge >= 0.3 is 17.9 Å². The molecule has 2 aliphatic rings. The predicted molar refractivity (Wildman–Crippen MR) is 471 cm³/mol. The number of para-hydroxylation sites is 2. The van der Waals surface area contributed by atoms with Gasteiger partial charge in [0.15, 0.2) is 23.3 Å². The van der Waals surface area contributed by atoms with E-state index in [-0.39, 0.29) is 107 Å². The summed E-state index contributed by atoms with van der Waals surface area (Å²) in [6, 6.07) is 30.7. The van der Waals surface area contributed by atoms with Gasteiger partial charge < -0.3 is 56.1 Å². The third kappa shape index (κ3) is 33.5. The average Bonchev–Trinajstić information content (AvgIpc) is 0.813. The molecule has 6 aromatic carbocycles. The minimum absolute atomic E-state index is 0. The maximum absolute atomic E-state index is 10.3. The Morgan fingerprint density at radius 1 is 0.348 bits per heavy atom. The van der Waals surface area contributed by atoms with Gasteiger partial charge in [0.1, 0.15) is 0 Å². The molecule has 632 valence electrons. The third-order valence-corrected chi connectivity index (χ3v) is 18.7. The van der Waals surface area contributed by atoms with Crippen LogP contribution in [0, 0.1) is 109 Å². The average molecular weight is 1670 g/mol. The fourth-order valence-corrected chi connectivity index (χ4v) is 12.2. The third-order valence-electron chi connectivity index (χ3n) is 18.7. The van der Waals surface area contributed by atoms with Gasteiger partial charge in [0.25, 0.3) is 0 Å². The summed E-state index contributed by atoms with van der Waals surface area (Å²) in [6.07, 6.45) is 7.23. The summed E-state index contributed by atoms with van der Waals surface area (Å²) in [4.78, 5) is 70.4. The molecule has 0 spiro atoms. The van der Waals surface area contributed by atoms with E-state index in [0.29, 0.717) is 0 Å². The summed E-state index contributed by atoms with van der Waals surface area (Å²) in [5.74, 6) is 3.30. The number of amidine groups is 4. The molecule has 0 bridgehead atoms. The maximum atomic E-state index is 10.3. The Balaban J connectivity index is -0.000000674. The first-order valence-corrected chi connectivity index (χ1v) is 38.1. The largest absolute Gasteiger partial charge is 0.469 e. The second kappa shape index (κ2) is 55.0. The van der Waals surface area contributed by atoms with Crippen LogP contribution in [0.4, 0.5) is 34.1 Å². The molecule has 0 aromatic heterocycles. The molecule has 2 heterocycles. The van der Waals surface area contributed by atoms with Crippen LogP contribution in [0.5, 0.6) is 0 Å². The van der Waals surface area contributed by atoms with Crippen LogP contribution in [0.2, 0.25) is 0 Å². The summed E-state index contributed by atoms with van der Waals surface area (Å²) in [7, 11) is 12.6. The van der Waals surface area contributed by atoms with Crippen LogP contribution in [-0.2, 0) is 117 Å². The molecule has 2 fully saturated rings. The molecule has 2 aliphatic heterocycles. The van der Waals surface area contributed by atoms with Gasteiger partial charge in [-0.3, -0.25) is 24.4 Å². The number of rotatable bonds is 16. The molecule has 112 heavy (non-hydrogen) atoms. The van der Waals surface area contributed by atoms with Crippen LogP contribution in [0.15, 0.2) is 115 Å². The Hall–Kier alpha value is -7.57. The number of likely N-dealkylation sites (N-methyl/N-ethyl adjacent to an activating group) is 4. The number of piperazine rings is 1. The van der Waals surface area contributed by atoms with Gasteiger partial charge in [-0.1, -0.05) is 179 Å². The van der Waals surface area contributed by atoms with E-state index in [9.17, 15) is 14.4 Å². The van der Waals surface area contributed by atoms with Gasteiger partial charge in [-0.15, -0.1) is 0 Å².